The first-order valence-electron chi connectivity index (χ1n) is 8.38. The van der Waals surface area contributed by atoms with Gasteiger partial charge in [0.2, 0.25) is 0 Å². The number of benzene rings is 3. The Bertz CT molecular complexity index is 769. The van der Waals surface area contributed by atoms with Gasteiger partial charge in [0.05, 0.1) is 6.61 Å². The van der Waals surface area contributed by atoms with E-state index >= 15 is 0 Å². The SMILES string of the molecule is CCCOC(=O)Oc1c(-c2ccccc2)cccc1-c1ccccc1. The van der Waals surface area contributed by atoms with Crippen LogP contribution in [-0.2, 0) is 4.74 Å². The van der Waals surface area contributed by atoms with Crippen LogP contribution in [0.15, 0.2) is 78.9 Å². The lowest BCUT2D eigenvalue weighted by atomic mass is 9.97. The molecule has 0 fully saturated rings. The van der Waals surface area contributed by atoms with Crippen LogP contribution in [0.3, 0.4) is 0 Å². The molecule has 3 aromatic carbocycles. The van der Waals surface area contributed by atoms with Crippen LogP contribution >= 0.6 is 0 Å². The summed E-state index contributed by atoms with van der Waals surface area (Å²) in [5, 5.41) is 0. The second-order valence-corrected chi connectivity index (χ2v) is 5.61. The molecule has 0 bridgehead atoms. The van der Waals surface area contributed by atoms with E-state index in [1.807, 2.05) is 85.8 Å². The zero-order chi connectivity index (χ0) is 17.5. The van der Waals surface area contributed by atoms with E-state index in [0.717, 1.165) is 28.7 Å². The van der Waals surface area contributed by atoms with Crippen molar-refractivity contribution in [2.24, 2.45) is 0 Å². The first-order chi connectivity index (χ1) is 12.3. The number of hydrogen-bond acceptors (Lipinski definition) is 3. The molecule has 0 unspecified atom stereocenters. The lowest BCUT2D eigenvalue weighted by Gasteiger charge is -2.15. The lowest BCUT2D eigenvalue weighted by molar-refractivity contribution is 0.0995. The summed E-state index contributed by atoms with van der Waals surface area (Å²) in [6.45, 7) is 2.29. The van der Waals surface area contributed by atoms with Gasteiger partial charge in [-0.2, -0.15) is 0 Å². The average Bonchev–Trinajstić information content (AvgIpc) is 2.68. The molecule has 0 radical (unpaired) electrons. The summed E-state index contributed by atoms with van der Waals surface area (Å²) < 4.78 is 10.7. The molecular formula is C22H20O3. The van der Waals surface area contributed by atoms with Crippen LogP contribution in [0.1, 0.15) is 13.3 Å². The normalized spacial score (nSPS) is 10.3. The number of hydrogen-bond donors (Lipinski definition) is 0. The molecule has 0 N–H and O–H groups in total. The van der Waals surface area contributed by atoms with Crippen molar-refractivity contribution in [2.45, 2.75) is 13.3 Å². The predicted molar refractivity (Wildman–Crippen MR) is 99.6 cm³/mol. The summed E-state index contributed by atoms with van der Waals surface area (Å²) in [7, 11) is 0. The Hall–Kier alpha value is -3.07. The third-order valence-electron chi connectivity index (χ3n) is 3.79. The van der Waals surface area contributed by atoms with Crippen LogP contribution < -0.4 is 4.74 Å². The van der Waals surface area contributed by atoms with Gasteiger partial charge in [-0.25, -0.2) is 4.79 Å². The molecular weight excluding hydrogens is 312 g/mol. The van der Waals surface area contributed by atoms with Gasteiger partial charge in [0, 0.05) is 11.1 Å². The van der Waals surface area contributed by atoms with Crippen molar-refractivity contribution in [1.29, 1.82) is 0 Å². The molecule has 0 atom stereocenters. The van der Waals surface area contributed by atoms with E-state index in [2.05, 4.69) is 0 Å². The van der Waals surface area contributed by atoms with Crippen molar-refractivity contribution in [1.82, 2.24) is 0 Å². The number of carbonyl (C=O) groups excluding carboxylic acids is 1. The molecule has 3 rings (SSSR count). The Morgan fingerprint density at radius 3 is 1.76 bits per heavy atom. The van der Waals surface area contributed by atoms with E-state index in [-0.39, 0.29) is 0 Å². The predicted octanol–water partition coefficient (Wildman–Crippen LogP) is 5.95. The molecule has 3 aromatic rings. The Balaban J connectivity index is 2.08. The Morgan fingerprint density at radius 1 is 0.760 bits per heavy atom. The largest absolute Gasteiger partial charge is 0.513 e. The van der Waals surface area contributed by atoms with Crippen molar-refractivity contribution < 1.29 is 14.3 Å². The van der Waals surface area contributed by atoms with Gasteiger partial charge in [-0.1, -0.05) is 85.8 Å². The van der Waals surface area contributed by atoms with Gasteiger partial charge >= 0.3 is 6.16 Å². The first-order valence-corrected chi connectivity index (χ1v) is 8.38. The van der Waals surface area contributed by atoms with E-state index in [9.17, 15) is 4.79 Å². The molecule has 0 amide bonds. The second-order valence-electron chi connectivity index (χ2n) is 5.61. The van der Waals surface area contributed by atoms with Gasteiger partial charge in [-0.05, 0) is 17.5 Å². The minimum atomic E-state index is -0.678. The van der Waals surface area contributed by atoms with Crippen LogP contribution in [0.5, 0.6) is 5.75 Å². The highest BCUT2D eigenvalue weighted by Crippen LogP contribution is 2.39. The molecule has 126 valence electrons. The van der Waals surface area contributed by atoms with Gasteiger partial charge in [0.15, 0.2) is 0 Å². The molecule has 0 aromatic heterocycles. The molecule has 0 spiro atoms. The third kappa shape index (κ3) is 4.07. The summed E-state index contributed by atoms with van der Waals surface area (Å²) in [6, 6.07) is 25.6. The van der Waals surface area contributed by atoms with Gasteiger partial charge in [-0.3, -0.25) is 0 Å². The summed E-state index contributed by atoms with van der Waals surface area (Å²) in [5.41, 5.74) is 3.68. The molecule has 25 heavy (non-hydrogen) atoms. The van der Waals surface area contributed by atoms with Gasteiger partial charge < -0.3 is 9.47 Å². The minimum Gasteiger partial charge on any atom is -0.434 e. The molecule has 0 saturated carbocycles. The zero-order valence-electron chi connectivity index (χ0n) is 14.1. The van der Waals surface area contributed by atoms with Crippen molar-refractivity contribution in [3.05, 3.63) is 78.9 Å². The van der Waals surface area contributed by atoms with E-state index in [1.165, 1.54) is 0 Å². The number of carbonyl (C=O) groups is 1. The van der Waals surface area contributed by atoms with Crippen molar-refractivity contribution in [3.63, 3.8) is 0 Å². The molecule has 0 aliphatic carbocycles. The van der Waals surface area contributed by atoms with Crippen LogP contribution in [-0.4, -0.2) is 12.8 Å². The maximum atomic E-state index is 12.1. The quantitative estimate of drug-likeness (QED) is 0.428. The Morgan fingerprint density at radius 2 is 1.28 bits per heavy atom. The summed E-state index contributed by atoms with van der Waals surface area (Å²) >= 11 is 0. The van der Waals surface area contributed by atoms with E-state index in [4.69, 9.17) is 9.47 Å². The second kappa shape index (κ2) is 8.15. The maximum Gasteiger partial charge on any atom is 0.513 e. The van der Waals surface area contributed by atoms with Crippen molar-refractivity contribution >= 4 is 6.16 Å². The maximum absolute atomic E-state index is 12.1. The first kappa shape index (κ1) is 16.8. The van der Waals surface area contributed by atoms with Gasteiger partial charge in [0.1, 0.15) is 5.75 Å². The fourth-order valence-electron chi connectivity index (χ4n) is 2.64. The summed E-state index contributed by atoms with van der Waals surface area (Å²) in [4.78, 5) is 12.1. The van der Waals surface area contributed by atoms with Crippen molar-refractivity contribution in [2.75, 3.05) is 6.61 Å². The average molecular weight is 332 g/mol. The smallest absolute Gasteiger partial charge is 0.434 e. The highest BCUT2D eigenvalue weighted by molar-refractivity contribution is 5.85. The molecule has 0 heterocycles. The van der Waals surface area contributed by atoms with Crippen molar-refractivity contribution in [3.8, 4) is 28.0 Å². The summed E-state index contributed by atoms with van der Waals surface area (Å²) in [6.07, 6.45) is 0.0726. The topological polar surface area (TPSA) is 35.5 Å². The summed E-state index contributed by atoms with van der Waals surface area (Å²) in [5.74, 6) is 0.515. The van der Waals surface area contributed by atoms with Gasteiger partial charge in [0.25, 0.3) is 0 Å². The third-order valence-corrected chi connectivity index (χ3v) is 3.79. The standard InChI is InChI=1S/C22H20O3/c1-2-16-24-22(23)25-21-19(17-10-5-3-6-11-17)14-9-15-20(21)18-12-7-4-8-13-18/h3-15H,2,16H2,1H3. The molecule has 3 heteroatoms. The Kier molecular flexibility index (Phi) is 5.47. The Labute approximate surface area is 147 Å². The fraction of sp³-hybridized carbons (Fsp3) is 0.136. The highest BCUT2D eigenvalue weighted by atomic mass is 16.7. The van der Waals surface area contributed by atoms with Crippen LogP contribution in [0.25, 0.3) is 22.3 Å². The zero-order valence-corrected chi connectivity index (χ0v) is 14.1. The number of rotatable bonds is 5. The number of ether oxygens (including phenoxy) is 2. The highest BCUT2D eigenvalue weighted by Gasteiger charge is 2.17. The molecule has 0 aliphatic heterocycles. The van der Waals surface area contributed by atoms with Crippen LogP contribution in [0.4, 0.5) is 4.79 Å². The van der Waals surface area contributed by atoms with Crippen LogP contribution in [0, 0.1) is 0 Å². The molecule has 3 nitrogen and oxygen atoms in total. The molecule has 0 aliphatic rings. The monoisotopic (exact) mass is 332 g/mol. The molecule has 0 saturated heterocycles. The number of para-hydroxylation sites is 1. The lowest BCUT2D eigenvalue weighted by Crippen LogP contribution is -2.12. The minimum absolute atomic E-state index is 0.340. The van der Waals surface area contributed by atoms with E-state index in [0.29, 0.717) is 12.4 Å². The van der Waals surface area contributed by atoms with Crippen LogP contribution in [0.2, 0.25) is 0 Å². The van der Waals surface area contributed by atoms with E-state index < -0.39 is 6.16 Å². The van der Waals surface area contributed by atoms with E-state index in [1.54, 1.807) is 0 Å². The fourth-order valence-corrected chi connectivity index (χ4v) is 2.64. The van der Waals surface area contributed by atoms with Gasteiger partial charge in [-0.15, -0.1) is 0 Å².